The van der Waals surface area contributed by atoms with E-state index in [9.17, 15) is 29.1 Å². The van der Waals surface area contributed by atoms with E-state index in [-0.39, 0.29) is 30.9 Å². The molecule has 0 spiro atoms. The Balaban J connectivity index is 3.07. The van der Waals surface area contributed by atoms with Crippen LogP contribution in [0, 0.1) is 5.92 Å². The molecular formula is C23H35N5O7. The number of amides is 4. The number of benzene rings is 1. The molecule has 9 N–H and O–H groups in total. The molecule has 0 aliphatic rings. The third kappa shape index (κ3) is 10.0. The van der Waals surface area contributed by atoms with Gasteiger partial charge in [-0.2, -0.15) is 0 Å². The van der Waals surface area contributed by atoms with Crippen molar-refractivity contribution in [1.82, 2.24) is 16.0 Å². The van der Waals surface area contributed by atoms with Crippen LogP contribution in [0.1, 0.15) is 45.6 Å². The number of carboxylic acid groups (broad SMARTS) is 1. The first kappa shape index (κ1) is 29.4. The number of aromatic hydroxyl groups is 1. The summed E-state index contributed by atoms with van der Waals surface area (Å²) in [5.74, 6) is -4.20. The van der Waals surface area contributed by atoms with Gasteiger partial charge in [-0.25, -0.2) is 0 Å². The molecule has 5 unspecified atom stereocenters. The maximum atomic E-state index is 13.2. The number of rotatable bonds is 14. The third-order valence-electron chi connectivity index (χ3n) is 5.57. The van der Waals surface area contributed by atoms with Crippen LogP contribution in [0.15, 0.2) is 24.3 Å². The van der Waals surface area contributed by atoms with E-state index >= 15 is 0 Å². The maximum Gasteiger partial charge on any atom is 0.325 e. The molecule has 0 fully saturated rings. The van der Waals surface area contributed by atoms with Gasteiger partial charge < -0.3 is 37.6 Å². The van der Waals surface area contributed by atoms with E-state index in [0.29, 0.717) is 12.0 Å². The summed E-state index contributed by atoms with van der Waals surface area (Å²) in [4.78, 5) is 60.6. The average molecular weight is 494 g/mol. The number of primary amides is 1. The van der Waals surface area contributed by atoms with Crippen LogP contribution in [-0.4, -0.2) is 64.0 Å². The van der Waals surface area contributed by atoms with Gasteiger partial charge in [-0.1, -0.05) is 32.4 Å². The molecule has 35 heavy (non-hydrogen) atoms. The first-order chi connectivity index (χ1) is 16.3. The van der Waals surface area contributed by atoms with Gasteiger partial charge in [0.2, 0.25) is 23.6 Å². The zero-order valence-electron chi connectivity index (χ0n) is 20.1. The number of carbonyl (C=O) groups excluding carboxylic acids is 4. The summed E-state index contributed by atoms with van der Waals surface area (Å²) in [6.07, 6.45) is 0.434. The molecule has 1 rings (SSSR count). The molecule has 194 valence electrons. The van der Waals surface area contributed by atoms with Crippen molar-refractivity contribution in [1.29, 1.82) is 0 Å². The Kier molecular flexibility index (Phi) is 11.7. The zero-order chi connectivity index (χ0) is 26.7. The lowest BCUT2D eigenvalue weighted by Crippen LogP contribution is -2.59. The first-order valence-corrected chi connectivity index (χ1v) is 11.3. The van der Waals surface area contributed by atoms with Gasteiger partial charge in [0, 0.05) is 12.8 Å². The quantitative estimate of drug-likeness (QED) is 0.172. The van der Waals surface area contributed by atoms with E-state index in [4.69, 9.17) is 16.6 Å². The molecule has 0 aliphatic carbocycles. The van der Waals surface area contributed by atoms with E-state index in [1.54, 1.807) is 19.1 Å². The van der Waals surface area contributed by atoms with Crippen molar-refractivity contribution < 1.29 is 34.2 Å². The second kappa shape index (κ2) is 13.9. The minimum Gasteiger partial charge on any atom is -0.508 e. The maximum absolute atomic E-state index is 13.2. The molecular weight excluding hydrogens is 458 g/mol. The monoisotopic (exact) mass is 493 g/mol. The summed E-state index contributed by atoms with van der Waals surface area (Å²) in [7, 11) is 0. The molecule has 12 nitrogen and oxygen atoms in total. The molecule has 0 radical (unpaired) electrons. The third-order valence-corrected chi connectivity index (χ3v) is 5.57. The molecule has 0 saturated heterocycles. The summed E-state index contributed by atoms with van der Waals surface area (Å²) >= 11 is 0. The Labute approximate surface area is 203 Å². The van der Waals surface area contributed by atoms with Crippen molar-refractivity contribution in [2.45, 2.75) is 70.6 Å². The Morgan fingerprint density at radius 3 is 2.06 bits per heavy atom. The van der Waals surface area contributed by atoms with Gasteiger partial charge in [0.15, 0.2) is 0 Å². The predicted molar refractivity (Wildman–Crippen MR) is 127 cm³/mol. The molecule has 4 amide bonds. The lowest BCUT2D eigenvalue weighted by Gasteiger charge is -2.28. The largest absolute Gasteiger partial charge is 0.508 e. The molecule has 1 aromatic carbocycles. The van der Waals surface area contributed by atoms with Gasteiger partial charge in [0.25, 0.3) is 0 Å². The first-order valence-electron chi connectivity index (χ1n) is 11.3. The van der Waals surface area contributed by atoms with Crippen LogP contribution in [-0.2, 0) is 30.4 Å². The van der Waals surface area contributed by atoms with Crippen LogP contribution in [0.3, 0.4) is 0 Å². The highest BCUT2D eigenvalue weighted by molar-refractivity contribution is 5.94. The molecule has 0 heterocycles. The minimum absolute atomic E-state index is 0.00346. The Hall–Kier alpha value is -3.67. The van der Waals surface area contributed by atoms with Crippen molar-refractivity contribution >= 4 is 29.6 Å². The summed E-state index contributed by atoms with van der Waals surface area (Å²) in [5.41, 5.74) is 11.5. The van der Waals surface area contributed by atoms with Crippen molar-refractivity contribution in [2.75, 3.05) is 0 Å². The van der Waals surface area contributed by atoms with E-state index in [2.05, 4.69) is 16.0 Å². The van der Waals surface area contributed by atoms with Crippen molar-refractivity contribution in [3.63, 3.8) is 0 Å². The van der Waals surface area contributed by atoms with E-state index < -0.39 is 53.8 Å². The average Bonchev–Trinajstić information content (AvgIpc) is 2.80. The van der Waals surface area contributed by atoms with Crippen LogP contribution in [0.4, 0.5) is 0 Å². The number of hydrogen-bond acceptors (Lipinski definition) is 7. The van der Waals surface area contributed by atoms with Gasteiger partial charge in [0.05, 0.1) is 6.04 Å². The predicted octanol–water partition coefficient (Wildman–Crippen LogP) is -0.867. The highest BCUT2D eigenvalue weighted by Gasteiger charge is 2.32. The molecule has 0 aliphatic heterocycles. The number of nitrogens with one attached hydrogen (secondary N) is 3. The van der Waals surface area contributed by atoms with Gasteiger partial charge in [-0.05, 0) is 37.0 Å². The number of nitrogens with two attached hydrogens (primary N) is 2. The highest BCUT2D eigenvalue weighted by atomic mass is 16.4. The normalized spacial score (nSPS) is 15.1. The van der Waals surface area contributed by atoms with Crippen LogP contribution in [0.5, 0.6) is 5.75 Å². The smallest absolute Gasteiger partial charge is 0.325 e. The molecule has 12 heteroatoms. The van der Waals surface area contributed by atoms with Crippen LogP contribution >= 0.6 is 0 Å². The lowest BCUT2D eigenvalue weighted by molar-refractivity contribution is -0.141. The summed E-state index contributed by atoms with van der Waals surface area (Å²) in [5, 5.41) is 26.1. The fourth-order valence-corrected chi connectivity index (χ4v) is 3.11. The highest BCUT2D eigenvalue weighted by Crippen LogP contribution is 2.13. The van der Waals surface area contributed by atoms with Crippen molar-refractivity contribution in [2.24, 2.45) is 17.4 Å². The Morgan fingerprint density at radius 1 is 0.943 bits per heavy atom. The molecule has 1 aromatic rings. The molecule has 0 bridgehead atoms. The number of phenols is 1. The lowest BCUT2D eigenvalue weighted by atomic mass is 9.96. The second-order valence-electron chi connectivity index (χ2n) is 8.48. The number of carbonyl (C=O) groups is 5. The Morgan fingerprint density at radius 2 is 1.54 bits per heavy atom. The van der Waals surface area contributed by atoms with Crippen molar-refractivity contribution in [3.05, 3.63) is 29.8 Å². The standard InChI is InChI=1S/C23H35N5O7/c1-4-12(2)19(28-20(31)16(24)9-10-18(25)30)22(33)27-17(21(32)26-13(3)23(34)35)11-14-5-7-15(29)8-6-14/h5-8,12-13,16-17,19,29H,4,9-11,24H2,1-3H3,(H2,25,30)(H,26,32)(H,27,33)(H,28,31)(H,34,35). The summed E-state index contributed by atoms with van der Waals surface area (Å²) in [6, 6.07) is 1.50. The van der Waals surface area contributed by atoms with Crippen LogP contribution < -0.4 is 27.4 Å². The SMILES string of the molecule is CCC(C)C(NC(=O)C(N)CCC(N)=O)C(=O)NC(Cc1ccc(O)cc1)C(=O)NC(C)C(=O)O. The van der Waals surface area contributed by atoms with Crippen LogP contribution in [0.25, 0.3) is 0 Å². The number of phenolic OH excluding ortho intramolecular Hbond substituents is 1. The minimum atomic E-state index is -1.25. The summed E-state index contributed by atoms with van der Waals surface area (Å²) in [6.45, 7) is 4.84. The number of aliphatic carboxylic acids is 1. The number of hydrogen-bond donors (Lipinski definition) is 7. The van der Waals surface area contributed by atoms with Crippen molar-refractivity contribution in [3.8, 4) is 5.75 Å². The molecule has 0 aromatic heterocycles. The van der Waals surface area contributed by atoms with E-state index in [1.165, 1.54) is 19.1 Å². The van der Waals surface area contributed by atoms with E-state index in [0.717, 1.165) is 0 Å². The second-order valence-corrected chi connectivity index (χ2v) is 8.48. The Bertz CT molecular complexity index is 906. The zero-order valence-corrected chi connectivity index (χ0v) is 20.1. The topological polar surface area (TPSA) is 214 Å². The van der Waals surface area contributed by atoms with Gasteiger partial charge in [-0.15, -0.1) is 0 Å². The van der Waals surface area contributed by atoms with Gasteiger partial charge in [0.1, 0.15) is 23.9 Å². The van der Waals surface area contributed by atoms with E-state index in [1.807, 2.05) is 6.92 Å². The molecule has 5 atom stereocenters. The fourth-order valence-electron chi connectivity index (χ4n) is 3.11. The molecule has 0 saturated carbocycles. The fraction of sp³-hybridized carbons (Fsp3) is 0.522. The van der Waals surface area contributed by atoms with Gasteiger partial charge in [-0.3, -0.25) is 24.0 Å². The van der Waals surface area contributed by atoms with Gasteiger partial charge >= 0.3 is 5.97 Å². The van der Waals surface area contributed by atoms with Crippen LogP contribution in [0.2, 0.25) is 0 Å². The summed E-state index contributed by atoms with van der Waals surface area (Å²) < 4.78 is 0. The number of carboxylic acids is 1.